The van der Waals surface area contributed by atoms with Crippen molar-refractivity contribution in [2.45, 2.75) is 20.3 Å². The van der Waals surface area contributed by atoms with Crippen LogP contribution in [-0.4, -0.2) is 22.1 Å². The van der Waals surface area contributed by atoms with E-state index in [1.54, 1.807) is 6.92 Å². The van der Waals surface area contributed by atoms with E-state index in [4.69, 9.17) is 4.74 Å². The Balaban J connectivity index is 2.19. The van der Waals surface area contributed by atoms with Crippen LogP contribution in [0.5, 0.6) is 0 Å². The van der Waals surface area contributed by atoms with Gasteiger partial charge in [-0.15, -0.1) is 0 Å². The molecular weight excluding hydrogens is 427 g/mol. The Bertz CT molecular complexity index is 1120. The van der Waals surface area contributed by atoms with Crippen LogP contribution >= 0.6 is 15.9 Å². The van der Waals surface area contributed by atoms with E-state index in [0.717, 1.165) is 10.5 Å². The predicted molar refractivity (Wildman–Crippen MR) is 110 cm³/mol. The molecule has 7 heteroatoms. The summed E-state index contributed by atoms with van der Waals surface area (Å²) in [5, 5.41) is 0.269. The number of aryl methyl sites for hydroxylation is 1. The number of rotatable bonds is 5. The van der Waals surface area contributed by atoms with Crippen LogP contribution in [0.4, 0.5) is 4.39 Å². The Labute approximate surface area is 169 Å². The fraction of sp³-hybridized carbons (Fsp3) is 0.190. The van der Waals surface area contributed by atoms with Gasteiger partial charge in [0.15, 0.2) is 0 Å². The molecule has 0 aliphatic heterocycles. The molecule has 0 spiro atoms. The molecule has 0 amide bonds. The number of halogens is 2. The lowest BCUT2D eigenvalue weighted by Crippen LogP contribution is -2.23. The lowest BCUT2D eigenvalue weighted by atomic mass is 10.1. The topological polar surface area (TPSA) is 61.2 Å². The molecule has 0 radical (unpaired) electrons. The smallest absolute Gasteiger partial charge is 0.330 e. The van der Waals surface area contributed by atoms with E-state index in [0.29, 0.717) is 17.9 Å². The molecule has 0 N–H and O–H groups in total. The van der Waals surface area contributed by atoms with Gasteiger partial charge in [-0.3, -0.25) is 9.36 Å². The first-order valence-corrected chi connectivity index (χ1v) is 9.59. The van der Waals surface area contributed by atoms with Gasteiger partial charge in [0, 0.05) is 28.6 Å². The van der Waals surface area contributed by atoms with Crippen molar-refractivity contribution in [3.05, 3.63) is 74.5 Å². The average Bonchev–Trinajstić information content (AvgIpc) is 2.67. The molecule has 3 rings (SSSR count). The van der Waals surface area contributed by atoms with E-state index in [-0.39, 0.29) is 28.6 Å². The number of fused-ring (bicyclic) bond motifs is 1. The molecule has 1 heterocycles. The van der Waals surface area contributed by atoms with Crippen LogP contribution in [-0.2, 0) is 16.0 Å². The lowest BCUT2D eigenvalue weighted by Gasteiger charge is -2.13. The van der Waals surface area contributed by atoms with Crippen molar-refractivity contribution in [1.29, 1.82) is 0 Å². The quantitative estimate of drug-likeness (QED) is 0.431. The number of benzene rings is 2. The number of carbonyl (C=O) groups is 1. The third-order valence-corrected chi connectivity index (χ3v) is 4.67. The summed E-state index contributed by atoms with van der Waals surface area (Å²) in [6.45, 7) is 3.80. The van der Waals surface area contributed by atoms with Crippen LogP contribution in [0.15, 0.2) is 51.7 Å². The average molecular weight is 445 g/mol. The fourth-order valence-corrected chi connectivity index (χ4v) is 3.10. The fourth-order valence-electron chi connectivity index (χ4n) is 2.84. The standard InChI is InChI=1S/C21H18BrFN2O3/c1-3-19-24-18-12-17(23)13(5-10-20(26)28-4-2)11-16(18)21(27)25(19)15-8-6-14(22)7-9-15/h5-12H,3-4H2,1-2H3/b10-5+. The van der Waals surface area contributed by atoms with Gasteiger partial charge in [0.05, 0.1) is 23.2 Å². The number of aromatic nitrogens is 2. The highest BCUT2D eigenvalue weighted by molar-refractivity contribution is 9.10. The maximum Gasteiger partial charge on any atom is 0.330 e. The van der Waals surface area contributed by atoms with Crippen molar-refractivity contribution >= 4 is 38.9 Å². The van der Waals surface area contributed by atoms with Crippen molar-refractivity contribution < 1.29 is 13.9 Å². The number of hydrogen-bond donors (Lipinski definition) is 0. The molecule has 0 aliphatic carbocycles. The summed E-state index contributed by atoms with van der Waals surface area (Å²) in [6.07, 6.45) is 2.94. The van der Waals surface area contributed by atoms with E-state index in [9.17, 15) is 14.0 Å². The van der Waals surface area contributed by atoms with Gasteiger partial charge in [0.1, 0.15) is 11.6 Å². The molecule has 1 aromatic heterocycles. The zero-order valence-electron chi connectivity index (χ0n) is 15.4. The number of carbonyl (C=O) groups excluding carboxylic acids is 1. The van der Waals surface area contributed by atoms with Crippen molar-refractivity contribution in [2.75, 3.05) is 6.61 Å². The van der Waals surface area contributed by atoms with Gasteiger partial charge in [-0.2, -0.15) is 0 Å². The summed E-state index contributed by atoms with van der Waals surface area (Å²) in [4.78, 5) is 29.1. The van der Waals surface area contributed by atoms with E-state index in [1.165, 1.54) is 22.8 Å². The molecule has 2 aromatic carbocycles. The van der Waals surface area contributed by atoms with Crippen LogP contribution in [0.25, 0.3) is 22.7 Å². The monoisotopic (exact) mass is 444 g/mol. The summed E-state index contributed by atoms with van der Waals surface area (Å²) in [7, 11) is 0. The number of hydrogen-bond acceptors (Lipinski definition) is 4. The SMILES string of the molecule is CCOC(=O)/C=C/c1cc2c(=O)n(-c3ccc(Br)cc3)c(CC)nc2cc1F. The first-order chi connectivity index (χ1) is 13.4. The second-order valence-corrected chi connectivity index (χ2v) is 6.89. The summed E-state index contributed by atoms with van der Waals surface area (Å²) in [5.74, 6) is -0.605. The zero-order valence-corrected chi connectivity index (χ0v) is 17.0. The van der Waals surface area contributed by atoms with Gasteiger partial charge in [-0.05, 0) is 43.3 Å². The molecule has 0 aliphatic rings. The third-order valence-electron chi connectivity index (χ3n) is 4.14. The van der Waals surface area contributed by atoms with Crippen LogP contribution in [0.3, 0.4) is 0 Å². The van der Waals surface area contributed by atoms with Crippen LogP contribution < -0.4 is 5.56 Å². The summed E-state index contributed by atoms with van der Waals surface area (Å²) in [6, 6.07) is 9.91. The van der Waals surface area contributed by atoms with Crippen molar-refractivity contribution in [3.63, 3.8) is 0 Å². The minimum atomic E-state index is -0.575. The summed E-state index contributed by atoms with van der Waals surface area (Å²) >= 11 is 3.38. The van der Waals surface area contributed by atoms with Gasteiger partial charge in [-0.1, -0.05) is 22.9 Å². The van der Waals surface area contributed by atoms with Crippen LogP contribution in [0.2, 0.25) is 0 Å². The molecule has 0 unspecified atom stereocenters. The van der Waals surface area contributed by atoms with Crippen molar-refractivity contribution in [2.24, 2.45) is 0 Å². The molecule has 0 atom stereocenters. The normalized spacial score (nSPS) is 11.3. The molecule has 3 aromatic rings. The van der Waals surface area contributed by atoms with Crippen LogP contribution in [0.1, 0.15) is 25.2 Å². The van der Waals surface area contributed by atoms with E-state index in [2.05, 4.69) is 20.9 Å². The first kappa shape index (κ1) is 19.9. The van der Waals surface area contributed by atoms with Gasteiger partial charge < -0.3 is 4.74 Å². The molecule has 28 heavy (non-hydrogen) atoms. The molecule has 0 saturated heterocycles. The Morgan fingerprint density at radius 1 is 1.25 bits per heavy atom. The Morgan fingerprint density at radius 2 is 1.96 bits per heavy atom. The lowest BCUT2D eigenvalue weighted by molar-refractivity contribution is -0.137. The van der Waals surface area contributed by atoms with Gasteiger partial charge in [-0.25, -0.2) is 14.2 Å². The molecule has 5 nitrogen and oxygen atoms in total. The Kier molecular flexibility index (Phi) is 6.04. The molecule has 0 saturated carbocycles. The van der Waals surface area contributed by atoms with E-state index < -0.39 is 11.8 Å². The number of ether oxygens (including phenoxy) is 1. The van der Waals surface area contributed by atoms with E-state index >= 15 is 0 Å². The largest absolute Gasteiger partial charge is 0.463 e. The van der Waals surface area contributed by atoms with Gasteiger partial charge in [0.2, 0.25) is 0 Å². The minimum absolute atomic E-state index is 0.117. The third kappa shape index (κ3) is 4.04. The zero-order chi connectivity index (χ0) is 20.3. The highest BCUT2D eigenvalue weighted by atomic mass is 79.9. The maximum absolute atomic E-state index is 14.4. The highest BCUT2D eigenvalue weighted by Crippen LogP contribution is 2.20. The second-order valence-electron chi connectivity index (χ2n) is 5.97. The van der Waals surface area contributed by atoms with Crippen LogP contribution in [0, 0.1) is 5.82 Å². The molecular formula is C21H18BrFN2O3. The highest BCUT2D eigenvalue weighted by Gasteiger charge is 2.14. The molecule has 0 bridgehead atoms. The predicted octanol–water partition coefficient (Wildman–Crippen LogP) is 4.43. The van der Waals surface area contributed by atoms with Crippen molar-refractivity contribution in [3.8, 4) is 5.69 Å². The Morgan fingerprint density at radius 3 is 2.61 bits per heavy atom. The molecule has 0 fully saturated rings. The number of esters is 1. The minimum Gasteiger partial charge on any atom is -0.463 e. The van der Waals surface area contributed by atoms with E-state index in [1.807, 2.05) is 31.2 Å². The summed E-state index contributed by atoms with van der Waals surface area (Å²) < 4.78 is 21.6. The molecule has 144 valence electrons. The first-order valence-electron chi connectivity index (χ1n) is 8.80. The number of nitrogens with zero attached hydrogens (tertiary/aromatic N) is 2. The Hall–Kier alpha value is -2.80. The van der Waals surface area contributed by atoms with Gasteiger partial charge >= 0.3 is 5.97 Å². The van der Waals surface area contributed by atoms with Gasteiger partial charge in [0.25, 0.3) is 5.56 Å². The second kappa shape index (κ2) is 8.48. The summed E-state index contributed by atoms with van der Waals surface area (Å²) in [5.41, 5.74) is 0.773. The van der Waals surface area contributed by atoms with Crippen molar-refractivity contribution in [1.82, 2.24) is 9.55 Å². The maximum atomic E-state index is 14.4.